The van der Waals surface area contributed by atoms with Crippen LogP contribution in [0.15, 0.2) is 47.3 Å². The molecule has 0 fully saturated rings. The van der Waals surface area contributed by atoms with E-state index in [0.717, 1.165) is 26.9 Å². The summed E-state index contributed by atoms with van der Waals surface area (Å²) in [4.78, 5) is 12.3. The Kier molecular flexibility index (Phi) is 1.44. The van der Waals surface area contributed by atoms with E-state index in [1.807, 2.05) is 24.3 Å². The number of aryl methyl sites for hydroxylation is 1. The average Bonchev–Trinajstić information content (AvgIpc) is 2.65. The molecule has 80 valence electrons. The summed E-state index contributed by atoms with van der Waals surface area (Å²) in [7, 11) is 0. The Hall–Kier alpha value is -2.15. The summed E-state index contributed by atoms with van der Waals surface area (Å²) in [5, 5.41) is 6.35. The van der Waals surface area contributed by atoms with Crippen molar-refractivity contribution in [2.24, 2.45) is 0 Å². The molecule has 0 atom stereocenters. The van der Waals surface area contributed by atoms with Crippen molar-refractivity contribution in [3.8, 4) is 0 Å². The molecule has 4 aromatic rings. The Morgan fingerprint density at radius 2 is 1.53 bits per heavy atom. The standard InChI is InChI=1S/C16H10O/c1-9-5-7-13-15-11(9)8-6-10-3-2-4-12(14(10)15)16(13)17/h2-8H,1H3. The molecule has 0 saturated carbocycles. The lowest BCUT2D eigenvalue weighted by molar-refractivity contribution is 1.55. The Morgan fingerprint density at radius 1 is 0.765 bits per heavy atom. The first-order valence-corrected chi connectivity index (χ1v) is 5.77. The molecule has 4 aromatic carbocycles. The van der Waals surface area contributed by atoms with E-state index < -0.39 is 0 Å². The molecule has 0 radical (unpaired) electrons. The Labute approximate surface area is 98.0 Å². The maximum absolute atomic E-state index is 12.3. The van der Waals surface area contributed by atoms with Gasteiger partial charge in [-0.05, 0) is 23.3 Å². The van der Waals surface area contributed by atoms with E-state index in [4.69, 9.17) is 0 Å². The van der Waals surface area contributed by atoms with Gasteiger partial charge in [-0.15, -0.1) is 0 Å². The lowest BCUT2D eigenvalue weighted by Crippen LogP contribution is -1.92. The van der Waals surface area contributed by atoms with Crippen LogP contribution in [-0.4, -0.2) is 0 Å². The van der Waals surface area contributed by atoms with Crippen molar-refractivity contribution >= 4 is 32.3 Å². The maximum atomic E-state index is 12.3. The number of benzene rings is 3. The van der Waals surface area contributed by atoms with Crippen LogP contribution in [-0.2, 0) is 0 Å². The highest BCUT2D eigenvalue weighted by Gasteiger charge is 2.14. The van der Waals surface area contributed by atoms with Gasteiger partial charge < -0.3 is 0 Å². The van der Waals surface area contributed by atoms with Gasteiger partial charge >= 0.3 is 0 Å². The third-order valence-electron chi connectivity index (χ3n) is 3.73. The summed E-state index contributed by atoms with van der Waals surface area (Å²) in [6.45, 7) is 2.09. The average molecular weight is 218 g/mol. The van der Waals surface area contributed by atoms with E-state index in [2.05, 4.69) is 25.1 Å². The van der Waals surface area contributed by atoms with E-state index in [0.29, 0.717) is 0 Å². The van der Waals surface area contributed by atoms with Crippen LogP contribution in [0, 0.1) is 6.92 Å². The van der Waals surface area contributed by atoms with Crippen LogP contribution in [0.3, 0.4) is 0 Å². The van der Waals surface area contributed by atoms with E-state index in [-0.39, 0.29) is 5.43 Å². The number of rotatable bonds is 0. The molecule has 1 nitrogen and oxygen atoms in total. The van der Waals surface area contributed by atoms with Crippen molar-refractivity contribution in [1.29, 1.82) is 0 Å². The van der Waals surface area contributed by atoms with Crippen molar-refractivity contribution in [1.82, 2.24) is 0 Å². The molecule has 1 heteroatoms. The van der Waals surface area contributed by atoms with Crippen LogP contribution >= 0.6 is 0 Å². The van der Waals surface area contributed by atoms with E-state index in [9.17, 15) is 4.79 Å². The van der Waals surface area contributed by atoms with Crippen LogP contribution in [0.1, 0.15) is 5.56 Å². The number of hydrogen-bond donors (Lipinski definition) is 0. The van der Waals surface area contributed by atoms with Gasteiger partial charge in [0.1, 0.15) is 0 Å². The van der Waals surface area contributed by atoms with Gasteiger partial charge in [0.2, 0.25) is 0 Å². The topological polar surface area (TPSA) is 17.1 Å². The zero-order valence-corrected chi connectivity index (χ0v) is 9.45. The van der Waals surface area contributed by atoms with Gasteiger partial charge in [0.15, 0.2) is 5.43 Å². The first-order chi connectivity index (χ1) is 8.27. The second-order valence-corrected chi connectivity index (χ2v) is 4.65. The minimum atomic E-state index is 0.168. The van der Waals surface area contributed by atoms with Gasteiger partial charge in [0, 0.05) is 21.5 Å². The van der Waals surface area contributed by atoms with Crippen LogP contribution < -0.4 is 5.43 Å². The summed E-state index contributed by atoms with van der Waals surface area (Å²) in [6, 6.07) is 14.2. The minimum Gasteiger partial charge on any atom is -0.289 e. The SMILES string of the molecule is Cc1ccc2c(=O)c3cccc4ccc1c2c43. The molecule has 0 bridgehead atoms. The van der Waals surface area contributed by atoms with Gasteiger partial charge in [-0.2, -0.15) is 0 Å². The van der Waals surface area contributed by atoms with E-state index >= 15 is 0 Å². The predicted octanol–water partition coefficient (Wildman–Crippen LogP) is 3.69. The van der Waals surface area contributed by atoms with Gasteiger partial charge in [0.25, 0.3) is 0 Å². The zero-order valence-electron chi connectivity index (χ0n) is 9.45. The molecule has 17 heavy (non-hydrogen) atoms. The van der Waals surface area contributed by atoms with Crippen molar-refractivity contribution in [3.05, 3.63) is 58.3 Å². The molecule has 0 unspecified atom stereocenters. The predicted molar refractivity (Wildman–Crippen MR) is 72.3 cm³/mol. The quantitative estimate of drug-likeness (QED) is 0.411. The Bertz CT molecular complexity index is 906. The molecule has 0 spiro atoms. The van der Waals surface area contributed by atoms with Gasteiger partial charge in [-0.1, -0.05) is 42.5 Å². The molecule has 0 aliphatic carbocycles. The fraction of sp³-hybridized carbons (Fsp3) is 0.0625. The highest BCUT2D eigenvalue weighted by molar-refractivity contribution is 6.26. The second-order valence-electron chi connectivity index (χ2n) is 4.65. The Morgan fingerprint density at radius 3 is 2.41 bits per heavy atom. The summed E-state index contributed by atoms with van der Waals surface area (Å²) in [6.07, 6.45) is 0. The summed E-state index contributed by atoms with van der Waals surface area (Å²) < 4.78 is 0. The molecule has 0 N–H and O–H groups in total. The summed E-state index contributed by atoms with van der Waals surface area (Å²) >= 11 is 0. The van der Waals surface area contributed by atoms with Crippen molar-refractivity contribution in [2.75, 3.05) is 0 Å². The minimum absolute atomic E-state index is 0.168. The lowest BCUT2D eigenvalue weighted by atomic mass is 9.99. The molecule has 0 saturated heterocycles. The molecule has 0 heterocycles. The first-order valence-electron chi connectivity index (χ1n) is 5.77. The fourth-order valence-corrected chi connectivity index (χ4v) is 2.89. The summed E-state index contributed by atoms with van der Waals surface area (Å²) in [5.41, 5.74) is 1.40. The van der Waals surface area contributed by atoms with Crippen LogP contribution in [0.4, 0.5) is 0 Å². The van der Waals surface area contributed by atoms with Gasteiger partial charge in [0.05, 0.1) is 0 Å². The maximum Gasteiger partial charge on any atom is 0.194 e. The van der Waals surface area contributed by atoms with E-state index in [1.165, 1.54) is 10.9 Å². The molecule has 0 amide bonds. The monoisotopic (exact) mass is 218 g/mol. The normalized spacial score (nSPS) is 12.1. The Balaban J connectivity index is 2.57. The largest absolute Gasteiger partial charge is 0.289 e. The fourth-order valence-electron chi connectivity index (χ4n) is 2.89. The molecular formula is C16H10O. The van der Waals surface area contributed by atoms with E-state index in [1.54, 1.807) is 0 Å². The molecule has 0 aliphatic heterocycles. The number of hydrogen-bond acceptors (Lipinski definition) is 1. The molecule has 0 aromatic heterocycles. The highest BCUT2D eigenvalue weighted by atomic mass is 16.1. The van der Waals surface area contributed by atoms with Crippen LogP contribution in [0.2, 0.25) is 0 Å². The third kappa shape index (κ3) is 0.925. The summed E-state index contributed by atoms with van der Waals surface area (Å²) in [5.74, 6) is 0. The molecule has 4 rings (SSSR count). The highest BCUT2D eigenvalue weighted by Crippen LogP contribution is 2.34. The van der Waals surface area contributed by atoms with Crippen molar-refractivity contribution in [3.63, 3.8) is 0 Å². The molecular weight excluding hydrogens is 208 g/mol. The van der Waals surface area contributed by atoms with Gasteiger partial charge in [-0.25, -0.2) is 0 Å². The van der Waals surface area contributed by atoms with Crippen LogP contribution in [0.25, 0.3) is 32.3 Å². The lowest BCUT2D eigenvalue weighted by Gasteiger charge is -2.04. The molecule has 0 aliphatic rings. The zero-order chi connectivity index (χ0) is 11.6. The smallest absolute Gasteiger partial charge is 0.194 e. The van der Waals surface area contributed by atoms with Crippen molar-refractivity contribution in [2.45, 2.75) is 6.92 Å². The van der Waals surface area contributed by atoms with Crippen LogP contribution in [0.5, 0.6) is 0 Å². The van der Waals surface area contributed by atoms with Crippen molar-refractivity contribution < 1.29 is 0 Å². The third-order valence-corrected chi connectivity index (χ3v) is 3.73. The first kappa shape index (κ1) is 8.94. The second kappa shape index (κ2) is 2.75. The van der Waals surface area contributed by atoms with Gasteiger partial charge in [-0.3, -0.25) is 4.79 Å².